The zero-order chi connectivity index (χ0) is 11.8. The van der Waals surface area contributed by atoms with Crippen LogP contribution in [0, 0.1) is 6.92 Å². The van der Waals surface area contributed by atoms with E-state index in [0.29, 0.717) is 11.9 Å². The van der Waals surface area contributed by atoms with Crippen molar-refractivity contribution in [3.63, 3.8) is 0 Å². The smallest absolute Gasteiger partial charge is 0.215 e. The Morgan fingerprint density at radius 2 is 2.24 bits per heavy atom. The summed E-state index contributed by atoms with van der Waals surface area (Å²) < 4.78 is 1.85. The fourth-order valence-corrected chi connectivity index (χ4v) is 2.32. The van der Waals surface area contributed by atoms with E-state index in [-0.39, 0.29) is 0 Å². The van der Waals surface area contributed by atoms with E-state index in [1.54, 1.807) is 0 Å². The van der Waals surface area contributed by atoms with Gasteiger partial charge >= 0.3 is 0 Å². The lowest BCUT2D eigenvalue weighted by atomic mass is 10.4. The first kappa shape index (κ1) is 10.5. The minimum Gasteiger partial charge on any atom is -0.383 e. The number of hydrogen-bond acceptors (Lipinski definition) is 7. The Morgan fingerprint density at radius 1 is 1.41 bits per heavy atom. The van der Waals surface area contributed by atoms with Crippen LogP contribution in [-0.2, 0) is 0 Å². The molecular weight excluding hydrogens is 238 g/mol. The van der Waals surface area contributed by atoms with Gasteiger partial charge in [-0.25, -0.2) is 14.6 Å². The Bertz CT molecular complexity index is 548. The fourth-order valence-electron chi connectivity index (χ4n) is 1.44. The number of hydrogen-bond donors (Lipinski definition) is 1. The van der Waals surface area contributed by atoms with E-state index in [0.717, 1.165) is 28.6 Å². The fraction of sp³-hybridized carbons (Fsp3) is 0.444. The Morgan fingerprint density at radius 3 is 3.00 bits per heavy atom. The molecule has 0 bridgehead atoms. The Labute approximate surface area is 102 Å². The highest BCUT2D eigenvalue weighted by molar-refractivity contribution is 7.99. The van der Waals surface area contributed by atoms with Crippen LogP contribution in [0.15, 0.2) is 16.5 Å². The Hall–Kier alpha value is -1.70. The van der Waals surface area contributed by atoms with Gasteiger partial charge in [-0.1, -0.05) is 0 Å². The van der Waals surface area contributed by atoms with Gasteiger partial charge in [-0.15, -0.1) is 5.10 Å². The molecule has 2 aromatic heterocycles. The predicted octanol–water partition coefficient (Wildman–Crippen LogP) is 0.840. The SMILES string of the molecule is Cc1c(N)ncnc1Sc1nnnn1C1CC1. The van der Waals surface area contributed by atoms with E-state index in [1.165, 1.54) is 18.1 Å². The van der Waals surface area contributed by atoms with Gasteiger partial charge in [-0.05, 0) is 42.0 Å². The number of nitrogen functional groups attached to an aromatic ring is 1. The first-order valence-corrected chi connectivity index (χ1v) is 6.10. The lowest BCUT2D eigenvalue weighted by molar-refractivity contribution is 0.565. The summed E-state index contributed by atoms with van der Waals surface area (Å²) in [5.41, 5.74) is 6.60. The molecule has 0 radical (unpaired) electrons. The zero-order valence-electron chi connectivity index (χ0n) is 9.24. The topological polar surface area (TPSA) is 95.4 Å². The standard InChI is InChI=1S/C9H11N7S/c1-5-7(10)11-4-12-8(5)17-9-13-14-15-16(9)6-2-3-6/h4,6H,2-3H2,1H3,(H2,10,11,12). The minimum atomic E-state index is 0.451. The second-order valence-corrected chi connectivity index (χ2v) is 4.88. The van der Waals surface area contributed by atoms with E-state index in [9.17, 15) is 0 Å². The third-order valence-corrected chi connectivity index (χ3v) is 3.68. The average Bonchev–Trinajstić information content (AvgIpc) is 3.06. The summed E-state index contributed by atoms with van der Waals surface area (Å²) in [6.45, 7) is 1.89. The van der Waals surface area contributed by atoms with E-state index < -0.39 is 0 Å². The highest BCUT2D eigenvalue weighted by atomic mass is 32.2. The molecule has 0 unspecified atom stereocenters. The maximum atomic E-state index is 5.74. The van der Waals surface area contributed by atoms with Gasteiger partial charge in [0.1, 0.15) is 17.2 Å². The van der Waals surface area contributed by atoms with Crippen LogP contribution < -0.4 is 5.73 Å². The van der Waals surface area contributed by atoms with Crippen LogP contribution in [0.1, 0.15) is 24.4 Å². The molecule has 1 saturated carbocycles. The van der Waals surface area contributed by atoms with Crippen molar-refractivity contribution in [1.82, 2.24) is 30.2 Å². The summed E-state index contributed by atoms with van der Waals surface area (Å²) >= 11 is 1.43. The lowest BCUT2D eigenvalue weighted by Gasteiger charge is -2.05. The van der Waals surface area contributed by atoms with E-state index in [2.05, 4.69) is 25.5 Å². The van der Waals surface area contributed by atoms with Gasteiger partial charge < -0.3 is 5.73 Å². The minimum absolute atomic E-state index is 0.451. The molecule has 88 valence electrons. The summed E-state index contributed by atoms with van der Waals surface area (Å²) in [7, 11) is 0. The summed E-state index contributed by atoms with van der Waals surface area (Å²) in [6.07, 6.45) is 3.74. The number of rotatable bonds is 3. The molecule has 0 saturated heterocycles. The molecule has 1 aliphatic rings. The molecule has 1 aliphatic carbocycles. The summed E-state index contributed by atoms with van der Waals surface area (Å²) in [4.78, 5) is 8.13. The van der Waals surface area contributed by atoms with E-state index >= 15 is 0 Å². The number of nitrogens with zero attached hydrogens (tertiary/aromatic N) is 6. The van der Waals surface area contributed by atoms with Crippen molar-refractivity contribution >= 4 is 17.6 Å². The first-order chi connectivity index (χ1) is 8.25. The Balaban J connectivity index is 1.91. The van der Waals surface area contributed by atoms with Gasteiger partial charge in [0.15, 0.2) is 0 Å². The molecule has 2 heterocycles. The van der Waals surface area contributed by atoms with Crippen molar-refractivity contribution in [3.8, 4) is 0 Å². The van der Waals surface area contributed by atoms with Crippen molar-refractivity contribution in [1.29, 1.82) is 0 Å². The van der Waals surface area contributed by atoms with Crippen molar-refractivity contribution < 1.29 is 0 Å². The van der Waals surface area contributed by atoms with Crippen LogP contribution in [0.3, 0.4) is 0 Å². The molecule has 17 heavy (non-hydrogen) atoms. The van der Waals surface area contributed by atoms with Crippen molar-refractivity contribution in [2.24, 2.45) is 0 Å². The molecule has 0 aliphatic heterocycles. The number of anilines is 1. The van der Waals surface area contributed by atoms with Crippen molar-refractivity contribution in [2.75, 3.05) is 5.73 Å². The largest absolute Gasteiger partial charge is 0.383 e. The lowest BCUT2D eigenvalue weighted by Crippen LogP contribution is -2.01. The predicted molar refractivity (Wildman–Crippen MR) is 61.4 cm³/mol. The van der Waals surface area contributed by atoms with Crippen LogP contribution in [-0.4, -0.2) is 30.2 Å². The molecule has 0 atom stereocenters. The Kier molecular flexibility index (Phi) is 2.43. The zero-order valence-corrected chi connectivity index (χ0v) is 10.1. The molecule has 0 spiro atoms. The number of aromatic nitrogens is 6. The second-order valence-electron chi connectivity index (χ2n) is 3.93. The van der Waals surface area contributed by atoms with Gasteiger partial charge in [0.05, 0.1) is 6.04 Å². The third kappa shape index (κ3) is 1.95. The maximum Gasteiger partial charge on any atom is 0.215 e. The van der Waals surface area contributed by atoms with Crippen molar-refractivity contribution in [2.45, 2.75) is 36.0 Å². The van der Waals surface area contributed by atoms with Gasteiger partial charge in [-0.3, -0.25) is 0 Å². The van der Waals surface area contributed by atoms with E-state index in [1.807, 2.05) is 11.6 Å². The molecule has 2 N–H and O–H groups in total. The molecule has 3 rings (SSSR count). The van der Waals surface area contributed by atoms with Crippen LogP contribution in [0.25, 0.3) is 0 Å². The van der Waals surface area contributed by atoms with Crippen LogP contribution in [0.2, 0.25) is 0 Å². The number of tetrazole rings is 1. The highest BCUT2D eigenvalue weighted by Crippen LogP contribution is 2.38. The van der Waals surface area contributed by atoms with E-state index in [4.69, 9.17) is 5.73 Å². The van der Waals surface area contributed by atoms with Gasteiger partial charge in [-0.2, -0.15) is 0 Å². The third-order valence-electron chi connectivity index (χ3n) is 2.62. The quantitative estimate of drug-likeness (QED) is 0.805. The normalized spacial score (nSPS) is 15.1. The molecule has 8 heteroatoms. The van der Waals surface area contributed by atoms with Gasteiger partial charge in [0.2, 0.25) is 5.16 Å². The summed E-state index contributed by atoms with van der Waals surface area (Å²) in [5, 5.41) is 13.3. The first-order valence-electron chi connectivity index (χ1n) is 5.28. The number of nitrogens with two attached hydrogens (primary N) is 1. The maximum absolute atomic E-state index is 5.74. The average molecular weight is 249 g/mol. The molecule has 0 aromatic carbocycles. The van der Waals surface area contributed by atoms with Crippen LogP contribution in [0.4, 0.5) is 5.82 Å². The summed E-state index contributed by atoms with van der Waals surface area (Å²) in [6, 6.07) is 0.451. The van der Waals surface area contributed by atoms with Crippen molar-refractivity contribution in [3.05, 3.63) is 11.9 Å². The molecule has 0 amide bonds. The highest BCUT2D eigenvalue weighted by Gasteiger charge is 2.28. The monoisotopic (exact) mass is 249 g/mol. The molecular formula is C9H11N7S. The molecule has 1 fully saturated rings. The van der Waals surface area contributed by atoms with Gasteiger partial charge in [0.25, 0.3) is 0 Å². The summed E-state index contributed by atoms with van der Waals surface area (Å²) in [5.74, 6) is 0.493. The second kappa shape index (κ2) is 3.95. The van der Waals surface area contributed by atoms with Gasteiger partial charge in [0, 0.05) is 5.56 Å². The molecule has 7 nitrogen and oxygen atoms in total. The van der Waals surface area contributed by atoms with Crippen LogP contribution >= 0.6 is 11.8 Å². The van der Waals surface area contributed by atoms with Crippen LogP contribution in [0.5, 0.6) is 0 Å². The molecule has 2 aromatic rings.